The fourth-order valence-electron chi connectivity index (χ4n) is 1.78. The second-order valence-electron chi connectivity index (χ2n) is 4.35. The zero-order valence-electron chi connectivity index (χ0n) is 13.4. The summed E-state index contributed by atoms with van der Waals surface area (Å²) >= 11 is 0. The van der Waals surface area contributed by atoms with Crippen LogP contribution >= 0.6 is 0 Å². The van der Waals surface area contributed by atoms with Crippen LogP contribution in [0.5, 0.6) is 17.2 Å². The fraction of sp³-hybridized carbons (Fsp3) is 0.467. The lowest BCUT2D eigenvalue weighted by molar-refractivity contribution is -0.128. The van der Waals surface area contributed by atoms with E-state index in [2.05, 4.69) is 5.32 Å². The minimum absolute atomic E-state index is 0.149. The largest absolute Gasteiger partial charge is 0.496 e. The highest BCUT2D eigenvalue weighted by Gasteiger charge is 2.23. The number of rotatable bonds is 7. The van der Waals surface area contributed by atoms with E-state index in [1.165, 1.54) is 40.4 Å². The zero-order chi connectivity index (χ0) is 16.7. The molecule has 0 radical (unpaired) electrons. The molecular weight excluding hydrogens is 290 g/mol. The van der Waals surface area contributed by atoms with E-state index in [0.29, 0.717) is 18.0 Å². The lowest BCUT2D eigenvalue weighted by Crippen LogP contribution is -2.35. The molecule has 1 atom stereocenters. The molecule has 1 aromatic rings. The van der Waals surface area contributed by atoms with Crippen LogP contribution in [0.15, 0.2) is 12.1 Å². The highest BCUT2D eigenvalue weighted by Crippen LogP contribution is 2.35. The number of ether oxygens (including phenoxy) is 4. The molecule has 122 valence electrons. The Balaban J connectivity index is 3.04. The summed E-state index contributed by atoms with van der Waals surface area (Å²) in [5, 5.41) is 2.58. The Morgan fingerprint density at radius 3 is 2.09 bits per heavy atom. The lowest BCUT2D eigenvalue weighted by atomic mass is 10.1. The molecule has 7 nitrogen and oxygen atoms in total. The summed E-state index contributed by atoms with van der Waals surface area (Å²) < 4.78 is 20.6. The van der Waals surface area contributed by atoms with Crippen molar-refractivity contribution in [3.8, 4) is 17.2 Å². The van der Waals surface area contributed by atoms with Crippen molar-refractivity contribution in [1.82, 2.24) is 5.32 Å². The van der Waals surface area contributed by atoms with Crippen molar-refractivity contribution >= 4 is 11.9 Å². The molecule has 0 aliphatic rings. The number of nitrogens with one attached hydrogen (secondary N) is 1. The van der Waals surface area contributed by atoms with E-state index >= 15 is 0 Å². The van der Waals surface area contributed by atoms with Gasteiger partial charge in [0.15, 0.2) is 17.6 Å². The Hall–Kier alpha value is -2.44. The molecular formula is C15H21NO6. The van der Waals surface area contributed by atoms with Crippen molar-refractivity contribution in [1.29, 1.82) is 0 Å². The van der Waals surface area contributed by atoms with Crippen LogP contribution in [0.3, 0.4) is 0 Å². The molecule has 22 heavy (non-hydrogen) atoms. The van der Waals surface area contributed by atoms with Gasteiger partial charge < -0.3 is 24.3 Å². The first kappa shape index (κ1) is 17.6. The van der Waals surface area contributed by atoms with Crippen molar-refractivity contribution in [2.45, 2.75) is 20.0 Å². The van der Waals surface area contributed by atoms with Crippen molar-refractivity contribution in [3.63, 3.8) is 0 Å². The number of hydrogen-bond acceptors (Lipinski definition) is 6. The molecule has 0 aliphatic carbocycles. The fourth-order valence-corrected chi connectivity index (χ4v) is 1.78. The summed E-state index contributed by atoms with van der Waals surface area (Å²) in [5.41, 5.74) is 0.149. The molecule has 0 heterocycles. The molecule has 1 aromatic carbocycles. The van der Waals surface area contributed by atoms with E-state index in [0.717, 1.165) is 0 Å². The number of esters is 1. The Bertz CT molecular complexity index is 543. The maximum absolute atomic E-state index is 12.2. The maximum Gasteiger partial charge on any atom is 0.342 e. The first-order chi connectivity index (χ1) is 10.5. The minimum atomic E-state index is -0.912. The second-order valence-corrected chi connectivity index (χ2v) is 4.35. The number of carbonyl (C=O) groups is 2. The molecule has 0 fully saturated rings. The highest BCUT2D eigenvalue weighted by molar-refractivity contribution is 5.95. The van der Waals surface area contributed by atoms with Crippen LogP contribution in [0.2, 0.25) is 0 Å². The number of hydrogen-bond donors (Lipinski definition) is 1. The molecule has 0 aromatic heterocycles. The first-order valence-electron chi connectivity index (χ1n) is 6.77. The topological polar surface area (TPSA) is 83.1 Å². The van der Waals surface area contributed by atoms with Gasteiger partial charge in [0.2, 0.25) is 0 Å². The van der Waals surface area contributed by atoms with Crippen LogP contribution in [0.4, 0.5) is 0 Å². The van der Waals surface area contributed by atoms with Gasteiger partial charge in [-0.25, -0.2) is 4.79 Å². The van der Waals surface area contributed by atoms with Gasteiger partial charge in [-0.3, -0.25) is 4.79 Å². The van der Waals surface area contributed by atoms with Gasteiger partial charge >= 0.3 is 5.97 Å². The average molecular weight is 311 g/mol. The molecule has 0 saturated heterocycles. The Morgan fingerprint density at radius 1 is 1.05 bits per heavy atom. The van der Waals surface area contributed by atoms with E-state index < -0.39 is 12.1 Å². The number of methoxy groups -OCH3 is 3. The van der Waals surface area contributed by atoms with Crippen LogP contribution in [-0.4, -0.2) is 45.9 Å². The molecule has 1 rings (SSSR count). The third kappa shape index (κ3) is 4.03. The minimum Gasteiger partial charge on any atom is -0.496 e. The predicted octanol–water partition coefficient (Wildman–Crippen LogP) is 1.39. The molecule has 0 unspecified atom stereocenters. The monoisotopic (exact) mass is 311 g/mol. The van der Waals surface area contributed by atoms with Crippen LogP contribution < -0.4 is 19.5 Å². The van der Waals surface area contributed by atoms with Gasteiger partial charge in [0.1, 0.15) is 11.3 Å². The van der Waals surface area contributed by atoms with Crippen LogP contribution in [-0.2, 0) is 9.53 Å². The van der Waals surface area contributed by atoms with Crippen molar-refractivity contribution in [2.24, 2.45) is 0 Å². The second kappa shape index (κ2) is 8.11. The third-order valence-corrected chi connectivity index (χ3v) is 2.93. The third-order valence-electron chi connectivity index (χ3n) is 2.93. The summed E-state index contributed by atoms with van der Waals surface area (Å²) in [6.45, 7) is 3.74. The molecule has 1 N–H and O–H groups in total. The number of likely N-dealkylation sites (N-methyl/N-ethyl adjacent to an activating group) is 1. The number of carbonyl (C=O) groups excluding carboxylic acids is 2. The molecule has 0 bridgehead atoms. The summed E-state index contributed by atoms with van der Waals surface area (Å²) in [5.74, 6) is 0.00573. The predicted molar refractivity (Wildman–Crippen MR) is 79.7 cm³/mol. The first-order valence-corrected chi connectivity index (χ1v) is 6.77. The molecule has 1 amide bonds. The van der Waals surface area contributed by atoms with Crippen molar-refractivity contribution < 1.29 is 28.5 Å². The zero-order valence-corrected chi connectivity index (χ0v) is 13.4. The van der Waals surface area contributed by atoms with E-state index in [9.17, 15) is 9.59 Å². The highest BCUT2D eigenvalue weighted by atomic mass is 16.6. The Labute approximate surface area is 129 Å². The van der Waals surface area contributed by atoms with Gasteiger partial charge in [-0.05, 0) is 13.8 Å². The van der Waals surface area contributed by atoms with Gasteiger partial charge in [-0.2, -0.15) is 0 Å². The molecule has 0 spiro atoms. The summed E-state index contributed by atoms with van der Waals surface area (Å²) in [7, 11) is 4.36. The lowest BCUT2D eigenvalue weighted by Gasteiger charge is -2.16. The van der Waals surface area contributed by atoms with Crippen LogP contribution in [0, 0.1) is 0 Å². The number of amides is 1. The Kier molecular flexibility index (Phi) is 6.49. The molecule has 0 saturated carbocycles. The van der Waals surface area contributed by atoms with Crippen LogP contribution in [0.1, 0.15) is 24.2 Å². The molecule has 0 aliphatic heterocycles. The SMILES string of the molecule is CCNC(=O)[C@@H](C)OC(=O)c1cc(OC)c(OC)cc1OC. The number of benzene rings is 1. The van der Waals surface area contributed by atoms with Gasteiger partial charge in [0.25, 0.3) is 5.91 Å². The van der Waals surface area contributed by atoms with Gasteiger partial charge in [-0.1, -0.05) is 0 Å². The van der Waals surface area contributed by atoms with E-state index in [4.69, 9.17) is 18.9 Å². The van der Waals surface area contributed by atoms with Gasteiger partial charge in [-0.15, -0.1) is 0 Å². The quantitative estimate of drug-likeness (QED) is 0.766. The standard InChI is InChI=1S/C15H21NO6/c1-6-16-14(17)9(2)22-15(18)10-7-12(20-4)13(21-5)8-11(10)19-3/h7-9H,6H2,1-5H3,(H,16,17)/t9-/m1/s1. The van der Waals surface area contributed by atoms with Crippen molar-refractivity contribution in [2.75, 3.05) is 27.9 Å². The summed E-state index contributed by atoms with van der Waals surface area (Å²) in [6, 6.07) is 2.97. The van der Waals surface area contributed by atoms with Gasteiger partial charge in [0, 0.05) is 18.7 Å². The maximum atomic E-state index is 12.2. The normalized spacial score (nSPS) is 11.3. The van der Waals surface area contributed by atoms with Crippen molar-refractivity contribution in [3.05, 3.63) is 17.7 Å². The summed E-state index contributed by atoms with van der Waals surface area (Å²) in [4.78, 5) is 23.9. The van der Waals surface area contributed by atoms with E-state index in [1.54, 1.807) is 6.92 Å². The van der Waals surface area contributed by atoms with E-state index in [1.807, 2.05) is 0 Å². The van der Waals surface area contributed by atoms with Crippen LogP contribution in [0.25, 0.3) is 0 Å². The Morgan fingerprint density at radius 2 is 1.59 bits per heavy atom. The van der Waals surface area contributed by atoms with Gasteiger partial charge in [0.05, 0.1) is 21.3 Å². The summed E-state index contributed by atoms with van der Waals surface area (Å²) in [6.07, 6.45) is -0.912. The average Bonchev–Trinajstić information content (AvgIpc) is 2.53. The van der Waals surface area contributed by atoms with E-state index in [-0.39, 0.29) is 17.2 Å². The molecule has 7 heteroatoms. The smallest absolute Gasteiger partial charge is 0.342 e.